The zero-order valence-electron chi connectivity index (χ0n) is 8.21. The minimum absolute atomic E-state index is 0.167. The minimum atomic E-state index is -0.613. The zero-order valence-corrected chi connectivity index (χ0v) is 8.21. The average molecular weight is 210 g/mol. The second kappa shape index (κ2) is 4.14. The molecule has 0 amide bonds. The summed E-state index contributed by atoms with van der Waals surface area (Å²) < 4.78 is 5.47. The van der Waals surface area contributed by atoms with Crippen LogP contribution < -0.4 is 5.73 Å². The van der Waals surface area contributed by atoms with Gasteiger partial charge in [0.1, 0.15) is 11.9 Å². The average Bonchev–Trinajstić information content (AvgIpc) is 2.61. The first kappa shape index (κ1) is 10.4. The predicted octanol–water partition coefficient (Wildman–Crippen LogP) is -0.153. The molecule has 5 nitrogen and oxygen atoms in total. The number of hydrogen-bond donors (Lipinski definition) is 3. The number of nitrogens with two attached hydrogens (primary N) is 1. The van der Waals surface area contributed by atoms with Crippen LogP contribution in [0.25, 0.3) is 0 Å². The van der Waals surface area contributed by atoms with Gasteiger partial charge in [-0.2, -0.15) is 0 Å². The van der Waals surface area contributed by atoms with Crippen molar-refractivity contribution < 1.29 is 14.9 Å². The van der Waals surface area contributed by atoms with Crippen molar-refractivity contribution in [1.82, 2.24) is 4.98 Å². The van der Waals surface area contributed by atoms with E-state index in [1.807, 2.05) is 6.07 Å². The maximum atomic E-state index is 9.55. The molecule has 4 N–H and O–H groups in total. The fourth-order valence-corrected chi connectivity index (χ4v) is 1.71. The third-order valence-electron chi connectivity index (χ3n) is 2.58. The van der Waals surface area contributed by atoms with Crippen LogP contribution in [0, 0.1) is 0 Å². The van der Waals surface area contributed by atoms with E-state index in [1.54, 1.807) is 12.3 Å². The van der Waals surface area contributed by atoms with E-state index in [9.17, 15) is 5.11 Å². The number of anilines is 1. The van der Waals surface area contributed by atoms with Crippen molar-refractivity contribution >= 4 is 5.82 Å². The van der Waals surface area contributed by atoms with Crippen molar-refractivity contribution in [3.8, 4) is 0 Å². The molecule has 1 unspecified atom stereocenters. The van der Waals surface area contributed by atoms with Gasteiger partial charge in [-0.1, -0.05) is 6.07 Å². The lowest BCUT2D eigenvalue weighted by molar-refractivity contribution is -0.0226. The predicted molar refractivity (Wildman–Crippen MR) is 54.0 cm³/mol. The van der Waals surface area contributed by atoms with Crippen molar-refractivity contribution in [2.24, 2.45) is 0 Å². The highest BCUT2D eigenvalue weighted by Crippen LogP contribution is 2.32. The Bertz CT molecular complexity index is 328. The molecule has 0 radical (unpaired) electrons. The number of rotatable bonds is 2. The summed E-state index contributed by atoms with van der Waals surface area (Å²) >= 11 is 0. The van der Waals surface area contributed by atoms with Gasteiger partial charge >= 0.3 is 0 Å². The molecule has 0 spiro atoms. The Balaban J connectivity index is 2.10. The van der Waals surface area contributed by atoms with Crippen molar-refractivity contribution in [3.05, 3.63) is 23.9 Å². The molecule has 1 aromatic heterocycles. The van der Waals surface area contributed by atoms with Crippen LogP contribution in [-0.2, 0) is 4.74 Å². The first-order chi connectivity index (χ1) is 7.20. The van der Waals surface area contributed by atoms with Gasteiger partial charge in [0.05, 0.1) is 18.8 Å². The Kier molecular flexibility index (Phi) is 2.86. The lowest BCUT2D eigenvalue weighted by atomic mass is 10.1. The molecule has 2 heterocycles. The molecule has 0 saturated carbocycles. The summed E-state index contributed by atoms with van der Waals surface area (Å²) in [7, 11) is 0. The molecule has 15 heavy (non-hydrogen) atoms. The van der Waals surface area contributed by atoms with Crippen molar-refractivity contribution in [2.75, 3.05) is 12.3 Å². The number of pyridine rings is 1. The third kappa shape index (κ3) is 2.09. The molecule has 1 aliphatic rings. The van der Waals surface area contributed by atoms with Gasteiger partial charge in [0.2, 0.25) is 0 Å². The second-order valence-corrected chi connectivity index (χ2v) is 3.67. The van der Waals surface area contributed by atoms with Crippen LogP contribution >= 0.6 is 0 Å². The molecule has 0 aromatic carbocycles. The molecule has 3 atom stereocenters. The van der Waals surface area contributed by atoms with Gasteiger partial charge in [-0.3, -0.25) is 0 Å². The van der Waals surface area contributed by atoms with Gasteiger partial charge in [-0.05, 0) is 11.6 Å². The van der Waals surface area contributed by atoms with Crippen molar-refractivity contribution in [2.45, 2.75) is 24.7 Å². The number of aliphatic hydroxyl groups is 2. The summed E-state index contributed by atoms with van der Waals surface area (Å²) in [5, 5.41) is 18.5. The molecule has 1 aromatic rings. The lowest BCUT2D eigenvalue weighted by Gasteiger charge is -2.11. The highest BCUT2D eigenvalue weighted by atomic mass is 16.5. The molecule has 0 aliphatic carbocycles. The summed E-state index contributed by atoms with van der Waals surface area (Å²) in [4.78, 5) is 3.95. The van der Waals surface area contributed by atoms with Crippen LogP contribution in [0.4, 0.5) is 5.82 Å². The summed E-state index contributed by atoms with van der Waals surface area (Å²) in [6, 6.07) is 3.51. The molecule has 1 fully saturated rings. The third-order valence-corrected chi connectivity index (χ3v) is 2.58. The van der Waals surface area contributed by atoms with E-state index >= 15 is 0 Å². The van der Waals surface area contributed by atoms with Gasteiger partial charge in [0.15, 0.2) is 0 Å². The maximum Gasteiger partial charge on any atom is 0.123 e. The topological polar surface area (TPSA) is 88.6 Å². The summed E-state index contributed by atoms with van der Waals surface area (Å²) in [5.41, 5.74) is 6.34. The highest BCUT2D eigenvalue weighted by Gasteiger charge is 2.34. The minimum Gasteiger partial charge on any atom is -0.394 e. The fraction of sp³-hybridized carbons (Fsp3) is 0.500. The second-order valence-electron chi connectivity index (χ2n) is 3.67. The number of hydrogen-bond acceptors (Lipinski definition) is 5. The van der Waals surface area contributed by atoms with Gasteiger partial charge in [0.25, 0.3) is 0 Å². The van der Waals surface area contributed by atoms with Crippen LogP contribution in [0.15, 0.2) is 18.3 Å². The zero-order chi connectivity index (χ0) is 10.8. The number of ether oxygens (including phenoxy) is 1. The molecule has 2 rings (SSSR count). The van der Waals surface area contributed by atoms with Crippen LogP contribution in [-0.4, -0.2) is 34.0 Å². The van der Waals surface area contributed by atoms with E-state index in [-0.39, 0.29) is 12.7 Å². The smallest absolute Gasteiger partial charge is 0.123 e. The largest absolute Gasteiger partial charge is 0.394 e. The van der Waals surface area contributed by atoms with Crippen LogP contribution in [0.1, 0.15) is 18.1 Å². The molecule has 5 heteroatoms. The van der Waals surface area contributed by atoms with Crippen molar-refractivity contribution in [3.63, 3.8) is 0 Å². The SMILES string of the molecule is Nc1ccc([C@H]2CC(O)[C@@H](CO)O2)cn1. The molecular formula is C10H14N2O3. The van der Waals surface area contributed by atoms with E-state index in [1.165, 1.54) is 0 Å². The molecule has 1 saturated heterocycles. The first-order valence-electron chi connectivity index (χ1n) is 4.86. The van der Waals surface area contributed by atoms with E-state index in [4.69, 9.17) is 15.6 Å². The molecule has 0 bridgehead atoms. The quantitative estimate of drug-likeness (QED) is 0.631. The van der Waals surface area contributed by atoms with Crippen molar-refractivity contribution in [1.29, 1.82) is 0 Å². The van der Waals surface area contributed by atoms with Gasteiger partial charge in [0, 0.05) is 12.6 Å². The summed E-state index contributed by atoms with van der Waals surface area (Å²) in [6.45, 7) is -0.167. The Hall–Kier alpha value is -1.17. The van der Waals surface area contributed by atoms with E-state index in [2.05, 4.69) is 4.98 Å². The molecule has 1 aliphatic heterocycles. The number of nitrogens with zero attached hydrogens (tertiary/aromatic N) is 1. The van der Waals surface area contributed by atoms with E-state index in [0.29, 0.717) is 12.2 Å². The standard InChI is InChI=1S/C10H14N2O3/c11-10-2-1-6(4-12-10)8-3-7(14)9(5-13)15-8/h1-2,4,7-9,13-14H,3,5H2,(H2,11,12)/t7?,8-,9-/m1/s1. The van der Waals surface area contributed by atoms with Gasteiger partial charge in [-0.15, -0.1) is 0 Å². The molecule has 82 valence electrons. The fourth-order valence-electron chi connectivity index (χ4n) is 1.71. The Morgan fingerprint density at radius 1 is 1.53 bits per heavy atom. The maximum absolute atomic E-state index is 9.55. The monoisotopic (exact) mass is 210 g/mol. The number of aromatic nitrogens is 1. The molecular weight excluding hydrogens is 196 g/mol. The van der Waals surface area contributed by atoms with Gasteiger partial charge < -0.3 is 20.7 Å². The summed E-state index contributed by atoms with van der Waals surface area (Å²) in [5.74, 6) is 0.455. The van der Waals surface area contributed by atoms with Crippen LogP contribution in [0.2, 0.25) is 0 Å². The summed E-state index contributed by atoms with van der Waals surface area (Å²) in [6.07, 6.45) is 0.805. The van der Waals surface area contributed by atoms with Crippen LogP contribution in [0.5, 0.6) is 0 Å². The Morgan fingerprint density at radius 2 is 2.33 bits per heavy atom. The lowest BCUT2D eigenvalue weighted by Crippen LogP contribution is -2.24. The van der Waals surface area contributed by atoms with Gasteiger partial charge in [-0.25, -0.2) is 4.98 Å². The Morgan fingerprint density at radius 3 is 2.87 bits per heavy atom. The van der Waals surface area contributed by atoms with E-state index in [0.717, 1.165) is 5.56 Å². The van der Waals surface area contributed by atoms with E-state index < -0.39 is 12.2 Å². The van der Waals surface area contributed by atoms with Crippen LogP contribution in [0.3, 0.4) is 0 Å². The Labute approximate surface area is 87.5 Å². The number of aliphatic hydroxyl groups excluding tert-OH is 2. The first-order valence-corrected chi connectivity index (χ1v) is 4.86. The normalized spacial score (nSPS) is 30.7. The highest BCUT2D eigenvalue weighted by molar-refractivity contribution is 5.30. The number of nitrogen functional groups attached to an aromatic ring is 1.